The van der Waals surface area contributed by atoms with Gasteiger partial charge in [0.25, 0.3) is 15.7 Å². The minimum Gasteiger partial charge on any atom is -0.308 e. The molecule has 5 aromatic rings. The third kappa shape index (κ3) is 4.61. The highest BCUT2D eigenvalue weighted by molar-refractivity contribution is 7.90. The van der Waals surface area contributed by atoms with Crippen LogP contribution in [-0.4, -0.2) is 57.6 Å². The molecule has 0 saturated heterocycles. The second kappa shape index (κ2) is 9.60. The SMILES string of the molecule is CN(C)CCn1cc(-c2ccnc3c2ccn3S(=O)(=O)c2ccccc2)c(-c2ccc([N+](=O)[O-])cc2)n1. The highest BCUT2D eigenvalue weighted by atomic mass is 32.2. The fourth-order valence-corrected chi connectivity index (χ4v) is 5.46. The van der Waals surface area contributed by atoms with Gasteiger partial charge >= 0.3 is 0 Å². The molecule has 37 heavy (non-hydrogen) atoms. The summed E-state index contributed by atoms with van der Waals surface area (Å²) in [4.78, 5) is 17.3. The van der Waals surface area contributed by atoms with E-state index >= 15 is 0 Å². The maximum Gasteiger partial charge on any atom is 0.269 e. The Hall–Kier alpha value is -4.35. The van der Waals surface area contributed by atoms with Crippen molar-refractivity contribution in [3.63, 3.8) is 0 Å². The molecule has 3 aromatic heterocycles. The van der Waals surface area contributed by atoms with Gasteiger partial charge in [-0.3, -0.25) is 14.8 Å². The predicted molar refractivity (Wildman–Crippen MR) is 141 cm³/mol. The number of nitrogens with zero attached hydrogens (tertiary/aromatic N) is 6. The molecule has 0 bridgehead atoms. The minimum atomic E-state index is -3.85. The number of nitro benzene ring substituents is 1. The van der Waals surface area contributed by atoms with Gasteiger partial charge in [0, 0.05) is 53.8 Å². The Kier molecular flexibility index (Phi) is 6.32. The van der Waals surface area contributed by atoms with Crippen molar-refractivity contribution in [2.24, 2.45) is 0 Å². The number of hydrogen-bond acceptors (Lipinski definition) is 7. The topological polar surface area (TPSA) is 116 Å². The van der Waals surface area contributed by atoms with E-state index in [1.54, 1.807) is 54.7 Å². The first-order valence-electron chi connectivity index (χ1n) is 11.5. The largest absolute Gasteiger partial charge is 0.308 e. The van der Waals surface area contributed by atoms with Crippen LogP contribution in [0.25, 0.3) is 33.4 Å². The normalized spacial score (nSPS) is 11.9. The van der Waals surface area contributed by atoms with Crippen molar-refractivity contribution in [1.29, 1.82) is 0 Å². The molecule has 2 aromatic carbocycles. The molecule has 0 radical (unpaired) electrons. The van der Waals surface area contributed by atoms with Crippen molar-refractivity contribution >= 4 is 26.7 Å². The summed E-state index contributed by atoms with van der Waals surface area (Å²) >= 11 is 0. The number of rotatable bonds is 8. The summed E-state index contributed by atoms with van der Waals surface area (Å²) in [6.07, 6.45) is 5.00. The average molecular weight is 517 g/mol. The Morgan fingerprint density at radius 2 is 1.70 bits per heavy atom. The van der Waals surface area contributed by atoms with Crippen LogP contribution in [0.2, 0.25) is 0 Å². The first-order valence-corrected chi connectivity index (χ1v) is 12.9. The van der Waals surface area contributed by atoms with Crippen LogP contribution in [0, 0.1) is 10.1 Å². The lowest BCUT2D eigenvalue weighted by atomic mass is 10.0. The summed E-state index contributed by atoms with van der Waals surface area (Å²) in [7, 11) is 0.107. The van der Waals surface area contributed by atoms with Crippen LogP contribution in [-0.2, 0) is 16.6 Å². The molecule has 10 nitrogen and oxygen atoms in total. The van der Waals surface area contributed by atoms with Crippen molar-refractivity contribution in [1.82, 2.24) is 23.6 Å². The molecule has 3 heterocycles. The van der Waals surface area contributed by atoms with E-state index in [4.69, 9.17) is 5.10 Å². The average Bonchev–Trinajstić information content (AvgIpc) is 3.53. The van der Waals surface area contributed by atoms with E-state index in [0.717, 1.165) is 17.7 Å². The van der Waals surface area contributed by atoms with Gasteiger partial charge in [0.2, 0.25) is 0 Å². The molecule has 0 unspecified atom stereocenters. The molecular formula is C26H24N6O4S. The van der Waals surface area contributed by atoms with E-state index in [1.807, 2.05) is 35.9 Å². The fraction of sp³-hybridized carbons (Fsp3) is 0.154. The van der Waals surface area contributed by atoms with Gasteiger partial charge in [-0.2, -0.15) is 5.10 Å². The van der Waals surface area contributed by atoms with E-state index in [9.17, 15) is 18.5 Å². The van der Waals surface area contributed by atoms with E-state index in [-0.39, 0.29) is 10.6 Å². The number of fused-ring (bicyclic) bond motifs is 1. The van der Waals surface area contributed by atoms with Gasteiger partial charge < -0.3 is 4.90 Å². The van der Waals surface area contributed by atoms with Crippen LogP contribution in [0.3, 0.4) is 0 Å². The smallest absolute Gasteiger partial charge is 0.269 e. The number of pyridine rings is 1. The quantitative estimate of drug-likeness (QED) is 0.223. The van der Waals surface area contributed by atoms with Crippen molar-refractivity contribution < 1.29 is 13.3 Å². The van der Waals surface area contributed by atoms with E-state index in [2.05, 4.69) is 4.98 Å². The molecule has 5 rings (SSSR count). The number of non-ortho nitro benzene ring substituents is 1. The van der Waals surface area contributed by atoms with E-state index < -0.39 is 14.9 Å². The predicted octanol–water partition coefficient (Wildman–Crippen LogP) is 4.27. The molecule has 0 spiro atoms. The molecule has 0 aliphatic heterocycles. The van der Waals surface area contributed by atoms with Gasteiger partial charge in [-0.15, -0.1) is 0 Å². The molecular weight excluding hydrogens is 492 g/mol. The Labute approximate surface area is 213 Å². The Bertz CT molecular complexity index is 1690. The Morgan fingerprint density at radius 1 is 0.973 bits per heavy atom. The van der Waals surface area contributed by atoms with Crippen LogP contribution >= 0.6 is 0 Å². The highest BCUT2D eigenvalue weighted by Crippen LogP contribution is 2.36. The summed E-state index contributed by atoms with van der Waals surface area (Å²) in [6, 6.07) is 18.0. The lowest BCUT2D eigenvalue weighted by Gasteiger charge is -2.08. The molecule has 188 valence electrons. The van der Waals surface area contributed by atoms with Gasteiger partial charge in [0.1, 0.15) is 5.69 Å². The summed E-state index contributed by atoms with van der Waals surface area (Å²) < 4.78 is 29.7. The third-order valence-corrected chi connectivity index (χ3v) is 7.71. The molecule has 0 aliphatic carbocycles. The second-order valence-corrected chi connectivity index (χ2v) is 10.6. The zero-order valence-corrected chi connectivity index (χ0v) is 21.0. The lowest BCUT2D eigenvalue weighted by molar-refractivity contribution is -0.384. The highest BCUT2D eigenvalue weighted by Gasteiger charge is 2.23. The van der Waals surface area contributed by atoms with Crippen molar-refractivity contribution in [3.8, 4) is 22.4 Å². The molecule has 0 amide bonds. The van der Waals surface area contributed by atoms with Gasteiger partial charge in [0.05, 0.1) is 16.4 Å². The van der Waals surface area contributed by atoms with Gasteiger partial charge in [0.15, 0.2) is 5.65 Å². The van der Waals surface area contributed by atoms with Crippen LogP contribution in [0.4, 0.5) is 5.69 Å². The maximum absolute atomic E-state index is 13.3. The first-order chi connectivity index (χ1) is 17.8. The van der Waals surface area contributed by atoms with Crippen LogP contribution in [0.15, 0.2) is 90.2 Å². The third-order valence-electron chi connectivity index (χ3n) is 6.03. The number of nitro groups is 1. The summed E-state index contributed by atoms with van der Waals surface area (Å²) in [5.74, 6) is 0. The van der Waals surface area contributed by atoms with Gasteiger partial charge in [-0.25, -0.2) is 17.4 Å². The zero-order chi connectivity index (χ0) is 26.2. The zero-order valence-electron chi connectivity index (χ0n) is 20.2. The van der Waals surface area contributed by atoms with Crippen LogP contribution in [0.5, 0.6) is 0 Å². The Morgan fingerprint density at radius 3 is 2.38 bits per heavy atom. The molecule has 0 aliphatic rings. The first kappa shape index (κ1) is 24.3. The van der Waals surface area contributed by atoms with E-state index in [0.29, 0.717) is 28.8 Å². The van der Waals surface area contributed by atoms with Crippen molar-refractivity contribution in [2.75, 3.05) is 20.6 Å². The molecule has 0 N–H and O–H groups in total. The molecule has 0 fully saturated rings. The minimum absolute atomic E-state index is 0.00756. The van der Waals surface area contributed by atoms with Gasteiger partial charge in [-0.05, 0) is 56.1 Å². The van der Waals surface area contributed by atoms with Gasteiger partial charge in [-0.1, -0.05) is 18.2 Å². The monoisotopic (exact) mass is 516 g/mol. The number of benzene rings is 2. The standard InChI is InChI=1S/C26H24N6O4S/c1-29(2)16-17-30-18-24(25(28-30)19-8-10-20(11-9-19)32(33)34)22-12-14-27-26-23(22)13-15-31(26)37(35,36)21-6-4-3-5-7-21/h3-15,18H,16-17H2,1-2H3. The number of likely N-dealkylation sites (N-methyl/N-ethyl adjacent to an activating group) is 1. The van der Waals surface area contributed by atoms with Crippen LogP contribution in [0.1, 0.15) is 0 Å². The fourth-order valence-electron chi connectivity index (χ4n) is 4.14. The second-order valence-electron chi connectivity index (χ2n) is 8.79. The summed E-state index contributed by atoms with van der Waals surface area (Å²) in [5, 5.41) is 16.6. The van der Waals surface area contributed by atoms with Crippen molar-refractivity contribution in [2.45, 2.75) is 11.4 Å². The number of aromatic nitrogens is 4. The van der Waals surface area contributed by atoms with E-state index in [1.165, 1.54) is 22.3 Å². The Balaban J connectivity index is 1.66. The number of hydrogen-bond donors (Lipinski definition) is 0. The lowest BCUT2D eigenvalue weighted by Crippen LogP contribution is -2.18. The van der Waals surface area contributed by atoms with Crippen LogP contribution < -0.4 is 0 Å². The molecule has 0 saturated carbocycles. The molecule has 0 atom stereocenters. The summed E-state index contributed by atoms with van der Waals surface area (Å²) in [5.41, 5.74) is 3.18. The maximum atomic E-state index is 13.3. The van der Waals surface area contributed by atoms with Crippen molar-refractivity contribution in [3.05, 3.63) is 95.4 Å². The summed E-state index contributed by atoms with van der Waals surface area (Å²) in [6.45, 7) is 1.39. The molecule has 11 heteroatoms.